The van der Waals surface area contributed by atoms with Crippen LogP contribution in [0.3, 0.4) is 0 Å². The molecular formula is C16H28O2. The van der Waals surface area contributed by atoms with E-state index in [9.17, 15) is 4.79 Å². The maximum atomic E-state index is 11.9. The Morgan fingerprint density at radius 1 is 1.44 bits per heavy atom. The smallest absolute Gasteiger partial charge is 0.333 e. The van der Waals surface area contributed by atoms with Gasteiger partial charge in [0.25, 0.3) is 0 Å². The van der Waals surface area contributed by atoms with Gasteiger partial charge in [0.15, 0.2) is 0 Å². The predicted octanol–water partition coefficient (Wildman–Crippen LogP) is 4.35. The van der Waals surface area contributed by atoms with Crippen molar-refractivity contribution in [3.8, 4) is 0 Å². The van der Waals surface area contributed by atoms with E-state index in [1.165, 1.54) is 6.42 Å². The molecule has 2 nitrogen and oxygen atoms in total. The van der Waals surface area contributed by atoms with Crippen LogP contribution >= 0.6 is 0 Å². The Balaban J connectivity index is 2.87. The average Bonchev–Trinajstić information content (AvgIpc) is 2.31. The van der Waals surface area contributed by atoms with Crippen LogP contribution in [0.25, 0.3) is 0 Å². The number of esters is 1. The second-order valence-corrected chi connectivity index (χ2v) is 6.27. The molecule has 0 heterocycles. The van der Waals surface area contributed by atoms with Gasteiger partial charge in [-0.05, 0) is 50.4 Å². The highest BCUT2D eigenvalue weighted by Gasteiger charge is 2.44. The van der Waals surface area contributed by atoms with Crippen LogP contribution in [0.2, 0.25) is 0 Å². The highest BCUT2D eigenvalue weighted by Crippen LogP contribution is 2.44. The highest BCUT2D eigenvalue weighted by molar-refractivity contribution is 5.87. The molecule has 0 aromatic heterocycles. The van der Waals surface area contributed by atoms with Crippen LogP contribution in [-0.2, 0) is 9.53 Å². The fraction of sp³-hybridized carbons (Fsp3) is 0.812. The first-order valence-electron chi connectivity index (χ1n) is 7.21. The zero-order valence-electron chi connectivity index (χ0n) is 12.6. The van der Waals surface area contributed by atoms with Crippen LogP contribution in [-0.4, -0.2) is 11.6 Å². The molecule has 1 aliphatic rings. The van der Waals surface area contributed by atoms with Gasteiger partial charge in [-0.1, -0.05) is 34.3 Å². The molecule has 104 valence electrons. The molecular weight excluding hydrogens is 224 g/mol. The van der Waals surface area contributed by atoms with Crippen molar-refractivity contribution in [1.82, 2.24) is 0 Å². The highest BCUT2D eigenvalue weighted by atomic mass is 16.6. The first-order chi connectivity index (χ1) is 8.32. The Kier molecular flexibility index (Phi) is 5.01. The summed E-state index contributed by atoms with van der Waals surface area (Å²) in [6.45, 7) is 14.3. The average molecular weight is 252 g/mol. The quantitative estimate of drug-likeness (QED) is 0.549. The van der Waals surface area contributed by atoms with E-state index in [2.05, 4.69) is 34.3 Å². The molecule has 3 atom stereocenters. The fourth-order valence-electron chi connectivity index (χ4n) is 3.02. The standard InChI is InChI=1S/C16H28O2/c1-7-16(18-15(17)12(4)5)10-14(11(2)3)9-8-13(16)6/h11,13-14H,4,7-10H2,1-3,5-6H3. The Bertz CT molecular complexity index is 319. The Hall–Kier alpha value is -0.790. The van der Waals surface area contributed by atoms with Crippen molar-refractivity contribution < 1.29 is 9.53 Å². The minimum Gasteiger partial charge on any atom is -0.455 e. The van der Waals surface area contributed by atoms with Gasteiger partial charge >= 0.3 is 5.97 Å². The minimum atomic E-state index is -0.275. The van der Waals surface area contributed by atoms with E-state index in [1.54, 1.807) is 6.92 Å². The Morgan fingerprint density at radius 3 is 2.50 bits per heavy atom. The van der Waals surface area contributed by atoms with Gasteiger partial charge in [-0.25, -0.2) is 4.79 Å². The summed E-state index contributed by atoms with van der Waals surface area (Å²) in [6.07, 6.45) is 4.31. The van der Waals surface area contributed by atoms with Gasteiger partial charge in [0.05, 0.1) is 0 Å². The lowest BCUT2D eigenvalue weighted by atomic mass is 9.67. The monoisotopic (exact) mass is 252 g/mol. The maximum Gasteiger partial charge on any atom is 0.333 e. The summed E-state index contributed by atoms with van der Waals surface area (Å²) >= 11 is 0. The van der Waals surface area contributed by atoms with Crippen LogP contribution in [0.4, 0.5) is 0 Å². The number of carbonyl (C=O) groups is 1. The van der Waals surface area contributed by atoms with E-state index in [-0.39, 0.29) is 11.6 Å². The number of hydrogen-bond donors (Lipinski definition) is 0. The third-order valence-corrected chi connectivity index (χ3v) is 4.66. The van der Waals surface area contributed by atoms with Gasteiger partial charge in [0, 0.05) is 5.57 Å². The van der Waals surface area contributed by atoms with E-state index < -0.39 is 0 Å². The maximum absolute atomic E-state index is 11.9. The lowest BCUT2D eigenvalue weighted by Crippen LogP contribution is -2.46. The molecule has 0 aromatic carbocycles. The summed E-state index contributed by atoms with van der Waals surface area (Å²) in [7, 11) is 0. The molecule has 0 spiro atoms. The van der Waals surface area contributed by atoms with Crippen molar-refractivity contribution in [2.24, 2.45) is 17.8 Å². The Labute approximate surface area is 112 Å². The van der Waals surface area contributed by atoms with Gasteiger partial charge in [0.2, 0.25) is 0 Å². The second kappa shape index (κ2) is 5.90. The molecule has 0 radical (unpaired) electrons. The normalized spacial score (nSPS) is 32.3. The topological polar surface area (TPSA) is 26.3 Å². The molecule has 0 bridgehead atoms. The molecule has 1 aliphatic carbocycles. The molecule has 0 aromatic rings. The molecule has 1 saturated carbocycles. The lowest BCUT2D eigenvalue weighted by Gasteiger charge is -2.45. The lowest BCUT2D eigenvalue weighted by molar-refractivity contribution is -0.169. The molecule has 0 aliphatic heterocycles. The Morgan fingerprint density at radius 2 is 2.06 bits per heavy atom. The van der Waals surface area contributed by atoms with Crippen molar-refractivity contribution >= 4 is 5.97 Å². The molecule has 0 amide bonds. The largest absolute Gasteiger partial charge is 0.455 e. The van der Waals surface area contributed by atoms with Gasteiger partial charge in [0.1, 0.15) is 5.60 Å². The van der Waals surface area contributed by atoms with Crippen LogP contribution in [0.1, 0.15) is 60.3 Å². The van der Waals surface area contributed by atoms with Gasteiger partial charge in [-0.2, -0.15) is 0 Å². The van der Waals surface area contributed by atoms with E-state index in [4.69, 9.17) is 4.74 Å². The number of ether oxygens (including phenoxy) is 1. The summed E-state index contributed by atoms with van der Waals surface area (Å²) in [5, 5.41) is 0. The predicted molar refractivity (Wildman–Crippen MR) is 75.3 cm³/mol. The first kappa shape index (κ1) is 15.3. The van der Waals surface area contributed by atoms with Gasteiger partial charge in [-0.15, -0.1) is 0 Å². The fourth-order valence-corrected chi connectivity index (χ4v) is 3.02. The SMILES string of the molecule is C=C(C)C(=O)OC1(CC)CC(C(C)C)CCC1C. The zero-order chi connectivity index (χ0) is 13.9. The molecule has 0 N–H and O–H groups in total. The summed E-state index contributed by atoms with van der Waals surface area (Å²) in [5.74, 6) is 1.54. The van der Waals surface area contributed by atoms with Crippen molar-refractivity contribution in [2.45, 2.75) is 65.9 Å². The van der Waals surface area contributed by atoms with Gasteiger partial charge in [-0.3, -0.25) is 0 Å². The summed E-state index contributed by atoms with van der Waals surface area (Å²) in [5.41, 5.74) is 0.227. The molecule has 3 unspecified atom stereocenters. The minimum absolute atomic E-state index is 0.229. The van der Waals surface area contributed by atoms with E-state index in [1.807, 2.05) is 0 Å². The van der Waals surface area contributed by atoms with E-state index >= 15 is 0 Å². The van der Waals surface area contributed by atoms with Crippen LogP contribution in [0.5, 0.6) is 0 Å². The number of carbonyl (C=O) groups excluding carboxylic acids is 1. The summed E-state index contributed by atoms with van der Waals surface area (Å²) in [6, 6.07) is 0. The third-order valence-electron chi connectivity index (χ3n) is 4.66. The number of rotatable bonds is 4. The molecule has 18 heavy (non-hydrogen) atoms. The second-order valence-electron chi connectivity index (χ2n) is 6.27. The molecule has 0 saturated heterocycles. The van der Waals surface area contributed by atoms with Crippen LogP contribution in [0, 0.1) is 17.8 Å². The van der Waals surface area contributed by atoms with Crippen molar-refractivity contribution in [2.75, 3.05) is 0 Å². The summed E-state index contributed by atoms with van der Waals surface area (Å²) < 4.78 is 5.84. The molecule has 2 heteroatoms. The van der Waals surface area contributed by atoms with Crippen LogP contribution < -0.4 is 0 Å². The van der Waals surface area contributed by atoms with E-state index in [0.29, 0.717) is 23.3 Å². The van der Waals surface area contributed by atoms with Crippen molar-refractivity contribution in [1.29, 1.82) is 0 Å². The van der Waals surface area contributed by atoms with Crippen LogP contribution in [0.15, 0.2) is 12.2 Å². The molecule has 1 rings (SSSR count). The van der Waals surface area contributed by atoms with E-state index in [0.717, 1.165) is 19.3 Å². The zero-order valence-corrected chi connectivity index (χ0v) is 12.6. The third kappa shape index (κ3) is 3.15. The van der Waals surface area contributed by atoms with Crippen molar-refractivity contribution in [3.05, 3.63) is 12.2 Å². The van der Waals surface area contributed by atoms with Gasteiger partial charge < -0.3 is 4.74 Å². The van der Waals surface area contributed by atoms with Crippen molar-refractivity contribution in [3.63, 3.8) is 0 Å². The number of hydrogen-bond acceptors (Lipinski definition) is 2. The molecule has 1 fully saturated rings. The first-order valence-corrected chi connectivity index (χ1v) is 7.21. The summed E-state index contributed by atoms with van der Waals surface area (Å²) in [4.78, 5) is 11.9.